The Morgan fingerprint density at radius 1 is 1.00 bits per heavy atom. The average molecular weight is 292 g/mol. The highest BCUT2D eigenvalue weighted by atomic mass is 16.5. The van der Waals surface area contributed by atoms with Crippen molar-refractivity contribution in [3.05, 3.63) is 82.8 Å². The quantitative estimate of drug-likeness (QED) is 0.742. The third kappa shape index (κ3) is 2.91. The largest absolute Gasteiger partial charge is 0.477 e. The van der Waals surface area contributed by atoms with Gasteiger partial charge in [-0.3, -0.25) is 4.79 Å². The van der Waals surface area contributed by atoms with Crippen molar-refractivity contribution in [3.63, 3.8) is 0 Å². The molecule has 0 radical (unpaired) electrons. The molecule has 0 amide bonds. The molecule has 4 nitrogen and oxygen atoms in total. The molecular weight excluding hydrogens is 276 g/mol. The van der Waals surface area contributed by atoms with Gasteiger partial charge < -0.3 is 9.30 Å². The van der Waals surface area contributed by atoms with E-state index in [2.05, 4.69) is 4.98 Å². The van der Waals surface area contributed by atoms with Gasteiger partial charge in [-0.2, -0.15) is 0 Å². The molecule has 3 rings (SSSR count). The van der Waals surface area contributed by atoms with Gasteiger partial charge in [0.25, 0.3) is 5.88 Å². The minimum atomic E-state index is -0.231. The molecule has 0 bridgehead atoms. The molecule has 0 aliphatic rings. The van der Waals surface area contributed by atoms with E-state index in [1.807, 2.05) is 60.7 Å². The van der Waals surface area contributed by atoms with Crippen LogP contribution in [0.15, 0.2) is 71.7 Å². The molecule has 0 unspecified atom stereocenters. The number of nitrogens with zero attached hydrogens (tertiary/aromatic N) is 2. The lowest BCUT2D eigenvalue weighted by atomic mass is 10.1. The van der Waals surface area contributed by atoms with Gasteiger partial charge in [0.05, 0.1) is 19.3 Å². The summed E-state index contributed by atoms with van der Waals surface area (Å²) in [6, 6.07) is 19.6. The van der Waals surface area contributed by atoms with E-state index >= 15 is 0 Å². The Morgan fingerprint density at radius 2 is 1.64 bits per heavy atom. The van der Waals surface area contributed by atoms with Crippen molar-refractivity contribution in [2.45, 2.75) is 6.54 Å². The van der Waals surface area contributed by atoms with Crippen LogP contribution in [0.25, 0.3) is 11.3 Å². The van der Waals surface area contributed by atoms with E-state index in [4.69, 9.17) is 4.74 Å². The molecule has 22 heavy (non-hydrogen) atoms. The zero-order valence-electron chi connectivity index (χ0n) is 12.3. The highest BCUT2D eigenvalue weighted by Gasteiger charge is 2.10. The van der Waals surface area contributed by atoms with E-state index in [0.717, 1.165) is 11.1 Å². The Kier molecular flexibility index (Phi) is 4.01. The molecule has 0 aliphatic heterocycles. The van der Waals surface area contributed by atoms with E-state index in [-0.39, 0.29) is 11.4 Å². The van der Waals surface area contributed by atoms with Crippen molar-refractivity contribution in [1.29, 1.82) is 0 Å². The van der Waals surface area contributed by atoms with Gasteiger partial charge in [-0.25, -0.2) is 4.98 Å². The summed E-state index contributed by atoms with van der Waals surface area (Å²) in [6.07, 6.45) is 1.77. The van der Waals surface area contributed by atoms with Crippen LogP contribution in [0.3, 0.4) is 0 Å². The molecule has 2 aromatic carbocycles. The predicted molar refractivity (Wildman–Crippen MR) is 86.0 cm³/mol. The topological polar surface area (TPSA) is 44.1 Å². The van der Waals surface area contributed by atoms with Crippen LogP contribution in [0.5, 0.6) is 5.88 Å². The van der Waals surface area contributed by atoms with Gasteiger partial charge in [0.15, 0.2) is 0 Å². The number of methoxy groups -OCH3 is 1. The fourth-order valence-electron chi connectivity index (χ4n) is 2.29. The van der Waals surface area contributed by atoms with Gasteiger partial charge >= 0.3 is 5.56 Å². The van der Waals surface area contributed by atoms with Gasteiger partial charge in [0.2, 0.25) is 0 Å². The number of aromatic nitrogens is 2. The first-order chi connectivity index (χ1) is 10.8. The molecule has 0 aliphatic carbocycles. The van der Waals surface area contributed by atoms with Crippen molar-refractivity contribution in [1.82, 2.24) is 9.55 Å². The van der Waals surface area contributed by atoms with Gasteiger partial charge in [0.1, 0.15) is 0 Å². The van der Waals surface area contributed by atoms with Crippen LogP contribution < -0.4 is 10.3 Å². The minimum absolute atomic E-state index is 0.109. The van der Waals surface area contributed by atoms with Gasteiger partial charge in [0, 0.05) is 11.8 Å². The maximum absolute atomic E-state index is 12.4. The average Bonchev–Trinajstić information content (AvgIpc) is 2.58. The Bertz CT molecular complexity index is 811. The molecule has 0 N–H and O–H groups in total. The second-order valence-electron chi connectivity index (χ2n) is 4.92. The van der Waals surface area contributed by atoms with E-state index < -0.39 is 0 Å². The molecule has 3 aromatic rings. The smallest absolute Gasteiger partial charge is 0.313 e. The first-order valence-corrected chi connectivity index (χ1v) is 7.03. The van der Waals surface area contributed by atoms with Crippen LogP contribution in [-0.4, -0.2) is 16.7 Å². The standard InChI is InChI=1S/C18H16N2O2/c1-22-17-18(21)20(12-14-8-4-2-5-9-14)13-16(19-17)15-10-6-3-7-11-15/h2-11,13H,12H2,1H3. The summed E-state index contributed by atoms with van der Waals surface area (Å²) in [7, 11) is 1.46. The molecule has 1 heterocycles. The van der Waals surface area contributed by atoms with Crippen molar-refractivity contribution in [3.8, 4) is 17.1 Å². The van der Waals surface area contributed by atoms with Crippen LogP contribution in [0.2, 0.25) is 0 Å². The molecule has 0 spiro atoms. The molecule has 4 heteroatoms. The first-order valence-electron chi connectivity index (χ1n) is 7.03. The fourth-order valence-corrected chi connectivity index (χ4v) is 2.29. The molecule has 0 fully saturated rings. The lowest BCUT2D eigenvalue weighted by Gasteiger charge is -2.10. The summed E-state index contributed by atoms with van der Waals surface area (Å²) in [5.74, 6) is 0.109. The molecule has 1 aromatic heterocycles. The Balaban J connectivity index is 2.07. The molecule has 0 atom stereocenters. The summed E-state index contributed by atoms with van der Waals surface area (Å²) < 4.78 is 6.77. The third-order valence-electron chi connectivity index (χ3n) is 3.40. The number of hydrogen-bond acceptors (Lipinski definition) is 3. The number of ether oxygens (including phenoxy) is 1. The Morgan fingerprint density at radius 3 is 2.27 bits per heavy atom. The Labute approximate surface area is 128 Å². The van der Waals surface area contributed by atoms with E-state index in [1.165, 1.54) is 7.11 Å². The zero-order chi connectivity index (χ0) is 15.4. The highest BCUT2D eigenvalue weighted by molar-refractivity contribution is 5.58. The minimum Gasteiger partial charge on any atom is -0.477 e. The fraction of sp³-hybridized carbons (Fsp3) is 0.111. The van der Waals surface area contributed by atoms with E-state index in [0.29, 0.717) is 12.2 Å². The molecule has 0 saturated heterocycles. The van der Waals surface area contributed by atoms with Gasteiger partial charge in [-0.05, 0) is 5.56 Å². The van der Waals surface area contributed by atoms with Crippen molar-refractivity contribution < 1.29 is 4.74 Å². The maximum atomic E-state index is 12.4. The van der Waals surface area contributed by atoms with Crippen molar-refractivity contribution >= 4 is 0 Å². The van der Waals surface area contributed by atoms with Gasteiger partial charge in [-0.15, -0.1) is 0 Å². The number of hydrogen-bond donors (Lipinski definition) is 0. The number of rotatable bonds is 4. The molecule has 110 valence electrons. The summed E-state index contributed by atoms with van der Waals surface area (Å²) in [5, 5.41) is 0. The lowest BCUT2D eigenvalue weighted by Crippen LogP contribution is -2.23. The monoisotopic (exact) mass is 292 g/mol. The van der Waals surface area contributed by atoms with Crippen LogP contribution >= 0.6 is 0 Å². The predicted octanol–water partition coefficient (Wildman–Crippen LogP) is 2.97. The summed E-state index contributed by atoms with van der Waals surface area (Å²) in [5.41, 5.74) is 2.48. The van der Waals surface area contributed by atoms with Crippen LogP contribution in [-0.2, 0) is 6.54 Å². The third-order valence-corrected chi connectivity index (χ3v) is 3.40. The SMILES string of the molecule is COc1nc(-c2ccccc2)cn(Cc2ccccc2)c1=O. The molecular formula is C18H16N2O2. The second-order valence-corrected chi connectivity index (χ2v) is 4.92. The van der Waals surface area contributed by atoms with Crippen LogP contribution in [0.4, 0.5) is 0 Å². The summed E-state index contributed by atoms with van der Waals surface area (Å²) in [6.45, 7) is 0.485. The summed E-state index contributed by atoms with van der Waals surface area (Å²) >= 11 is 0. The highest BCUT2D eigenvalue weighted by Crippen LogP contribution is 2.17. The normalized spacial score (nSPS) is 10.4. The van der Waals surface area contributed by atoms with E-state index in [9.17, 15) is 4.79 Å². The Hall–Kier alpha value is -2.88. The van der Waals surface area contributed by atoms with E-state index in [1.54, 1.807) is 10.8 Å². The second kappa shape index (κ2) is 6.26. The number of benzene rings is 2. The molecule has 0 saturated carbocycles. The zero-order valence-corrected chi connectivity index (χ0v) is 12.3. The van der Waals surface area contributed by atoms with Crippen molar-refractivity contribution in [2.75, 3.05) is 7.11 Å². The maximum Gasteiger partial charge on any atom is 0.313 e. The summed E-state index contributed by atoms with van der Waals surface area (Å²) in [4.78, 5) is 16.7. The van der Waals surface area contributed by atoms with Crippen LogP contribution in [0, 0.1) is 0 Å². The first kappa shape index (κ1) is 14.1. The van der Waals surface area contributed by atoms with Gasteiger partial charge in [-0.1, -0.05) is 60.7 Å². The lowest BCUT2D eigenvalue weighted by molar-refractivity contribution is 0.386. The van der Waals surface area contributed by atoms with Crippen LogP contribution in [0.1, 0.15) is 5.56 Å². The van der Waals surface area contributed by atoms with Crippen molar-refractivity contribution in [2.24, 2.45) is 0 Å².